The Morgan fingerprint density at radius 1 is 1.31 bits per heavy atom. The standard InChI is InChI=1S/C12H12BrClN2/c1-7-11(8(2)16(3)15-7)9-5-4-6-10(13)12(9)14/h4-6H,1-3H3. The average molecular weight is 300 g/mol. The summed E-state index contributed by atoms with van der Waals surface area (Å²) in [6, 6.07) is 5.94. The lowest BCUT2D eigenvalue weighted by molar-refractivity contribution is 0.731. The number of hydrogen-bond donors (Lipinski definition) is 0. The molecule has 1 aromatic carbocycles. The molecule has 0 radical (unpaired) electrons. The van der Waals surface area contributed by atoms with Gasteiger partial charge in [-0.25, -0.2) is 0 Å². The topological polar surface area (TPSA) is 17.8 Å². The van der Waals surface area contributed by atoms with Gasteiger partial charge in [-0.15, -0.1) is 0 Å². The second-order valence-electron chi connectivity index (χ2n) is 3.77. The van der Waals surface area contributed by atoms with Gasteiger partial charge in [0.05, 0.1) is 10.7 Å². The molecule has 2 aromatic rings. The van der Waals surface area contributed by atoms with Crippen LogP contribution in [0.3, 0.4) is 0 Å². The van der Waals surface area contributed by atoms with Crippen LogP contribution in [0, 0.1) is 13.8 Å². The molecule has 0 aliphatic rings. The van der Waals surface area contributed by atoms with E-state index in [1.807, 2.05) is 43.8 Å². The fourth-order valence-corrected chi connectivity index (χ4v) is 2.45. The largest absolute Gasteiger partial charge is 0.272 e. The Kier molecular flexibility index (Phi) is 3.08. The molecule has 2 nitrogen and oxygen atoms in total. The molecule has 2 rings (SSSR count). The van der Waals surface area contributed by atoms with Gasteiger partial charge in [0.2, 0.25) is 0 Å². The molecule has 84 valence electrons. The molecule has 0 atom stereocenters. The van der Waals surface area contributed by atoms with Gasteiger partial charge in [-0.05, 0) is 35.8 Å². The van der Waals surface area contributed by atoms with Crippen molar-refractivity contribution < 1.29 is 0 Å². The molecule has 1 aromatic heterocycles. The first-order valence-electron chi connectivity index (χ1n) is 4.97. The van der Waals surface area contributed by atoms with Crippen LogP contribution in [-0.4, -0.2) is 9.78 Å². The van der Waals surface area contributed by atoms with Gasteiger partial charge in [-0.1, -0.05) is 23.7 Å². The van der Waals surface area contributed by atoms with Crippen LogP contribution in [-0.2, 0) is 7.05 Å². The van der Waals surface area contributed by atoms with Gasteiger partial charge in [0.25, 0.3) is 0 Å². The Balaban J connectivity index is 2.72. The van der Waals surface area contributed by atoms with Crippen LogP contribution in [0.1, 0.15) is 11.4 Å². The van der Waals surface area contributed by atoms with E-state index in [1.165, 1.54) is 0 Å². The van der Waals surface area contributed by atoms with Crippen molar-refractivity contribution in [3.8, 4) is 11.1 Å². The van der Waals surface area contributed by atoms with Gasteiger partial charge >= 0.3 is 0 Å². The SMILES string of the molecule is Cc1nn(C)c(C)c1-c1cccc(Br)c1Cl. The molecule has 0 bridgehead atoms. The Bertz CT molecular complexity index is 546. The van der Waals surface area contributed by atoms with Gasteiger partial charge in [0.1, 0.15) is 0 Å². The number of aryl methyl sites for hydroxylation is 2. The summed E-state index contributed by atoms with van der Waals surface area (Å²) in [5.74, 6) is 0. The summed E-state index contributed by atoms with van der Waals surface area (Å²) in [4.78, 5) is 0. The Hall–Kier alpha value is -0.800. The molecule has 0 saturated carbocycles. The molecule has 0 saturated heterocycles. The number of halogens is 2. The molecule has 0 aliphatic heterocycles. The fraction of sp³-hybridized carbons (Fsp3) is 0.250. The van der Waals surface area contributed by atoms with Gasteiger partial charge in [-0.2, -0.15) is 5.10 Å². The highest BCUT2D eigenvalue weighted by Crippen LogP contribution is 2.36. The average Bonchev–Trinajstić information content (AvgIpc) is 2.47. The van der Waals surface area contributed by atoms with E-state index >= 15 is 0 Å². The van der Waals surface area contributed by atoms with Crippen molar-refractivity contribution in [1.29, 1.82) is 0 Å². The summed E-state index contributed by atoms with van der Waals surface area (Å²) >= 11 is 9.74. The lowest BCUT2D eigenvalue weighted by atomic mass is 10.0. The number of nitrogens with zero attached hydrogens (tertiary/aromatic N) is 2. The van der Waals surface area contributed by atoms with Crippen molar-refractivity contribution in [3.63, 3.8) is 0 Å². The van der Waals surface area contributed by atoms with Gasteiger partial charge in [-0.3, -0.25) is 4.68 Å². The summed E-state index contributed by atoms with van der Waals surface area (Å²) in [6.45, 7) is 4.05. The molecule has 16 heavy (non-hydrogen) atoms. The minimum absolute atomic E-state index is 0.738. The van der Waals surface area contributed by atoms with E-state index in [2.05, 4.69) is 21.0 Å². The maximum atomic E-state index is 6.30. The number of aromatic nitrogens is 2. The first-order chi connectivity index (χ1) is 7.52. The lowest BCUT2D eigenvalue weighted by Crippen LogP contribution is -1.92. The summed E-state index contributed by atoms with van der Waals surface area (Å²) < 4.78 is 2.79. The summed E-state index contributed by atoms with van der Waals surface area (Å²) in [5.41, 5.74) is 4.27. The maximum Gasteiger partial charge on any atom is 0.0675 e. The molecule has 1 heterocycles. The highest BCUT2D eigenvalue weighted by atomic mass is 79.9. The van der Waals surface area contributed by atoms with Crippen molar-refractivity contribution in [3.05, 3.63) is 39.1 Å². The third-order valence-electron chi connectivity index (χ3n) is 2.73. The zero-order valence-corrected chi connectivity index (χ0v) is 11.7. The highest BCUT2D eigenvalue weighted by molar-refractivity contribution is 9.10. The molecule has 0 spiro atoms. The van der Waals surface area contributed by atoms with Crippen LogP contribution in [0.15, 0.2) is 22.7 Å². The zero-order chi connectivity index (χ0) is 11.9. The fourth-order valence-electron chi connectivity index (χ4n) is 1.86. The predicted octanol–water partition coefficient (Wildman–Crippen LogP) is 4.12. The molecular formula is C12H12BrClN2. The van der Waals surface area contributed by atoms with Crippen LogP contribution >= 0.6 is 27.5 Å². The number of hydrogen-bond acceptors (Lipinski definition) is 1. The molecule has 0 unspecified atom stereocenters. The second-order valence-corrected chi connectivity index (χ2v) is 5.00. The van der Waals surface area contributed by atoms with E-state index < -0.39 is 0 Å². The third-order valence-corrected chi connectivity index (χ3v) is 4.03. The Labute approximate surface area is 108 Å². The number of rotatable bonds is 1. The van der Waals surface area contributed by atoms with Crippen LogP contribution < -0.4 is 0 Å². The van der Waals surface area contributed by atoms with Crippen molar-refractivity contribution in [2.45, 2.75) is 13.8 Å². The number of benzene rings is 1. The van der Waals surface area contributed by atoms with E-state index in [4.69, 9.17) is 11.6 Å². The second kappa shape index (κ2) is 4.22. The van der Waals surface area contributed by atoms with E-state index in [1.54, 1.807) is 0 Å². The van der Waals surface area contributed by atoms with Gasteiger partial charge in [0, 0.05) is 28.3 Å². The summed E-state index contributed by atoms with van der Waals surface area (Å²) in [6.07, 6.45) is 0. The van der Waals surface area contributed by atoms with E-state index in [-0.39, 0.29) is 0 Å². The van der Waals surface area contributed by atoms with Crippen molar-refractivity contribution in [2.75, 3.05) is 0 Å². The normalized spacial score (nSPS) is 10.8. The van der Waals surface area contributed by atoms with Crippen LogP contribution in [0.4, 0.5) is 0 Å². The minimum atomic E-state index is 0.738. The minimum Gasteiger partial charge on any atom is -0.272 e. The highest BCUT2D eigenvalue weighted by Gasteiger charge is 2.15. The molecule has 4 heteroatoms. The Morgan fingerprint density at radius 3 is 2.56 bits per heavy atom. The first-order valence-corrected chi connectivity index (χ1v) is 6.14. The van der Waals surface area contributed by atoms with Crippen LogP contribution in [0.5, 0.6) is 0 Å². The van der Waals surface area contributed by atoms with E-state index in [0.717, 1.165) is 32.0 Å². The molecule has 0 amide bonds. The quantitative estimate of drug-likeness (QED) is 0.774. The van der Waals surface area contributed by atoms with Crippen molar-refractivity contribution in [1.82, 2.24) is 9.78 Å². The predicted molar refractivity (Wildman–Crippen MR) is 70.8 cm³/mol. The monoisotopic (exact) mass is 298 g/mol. The van der Waals surface area contributed by atoms with E-state index in [9.17, 15) is 0 Å². The third kappa shape index (κ3) is 1.78. The molecule has 0 aliphatic carbocycles. The summed E-state index contributed by atoms with van der Waals surface area (Å²) in [5, 5.41) is 5.14. The molecule has 0 fully saturated rings. The first kappa shape index (κ1) is 11.7. The summed E-state index contributed by atoms with van der Waals surface area (Å²) in [7, 11) is 1.94. The smallest absolute Gasteiger partial charge is 0.0675 e. The van der Waals surface area contributed by atoms with Crippen LogP contribution in [0.25, 0.3) is 11.1 Å². The molecule has 0 N–H and O–H groups in total. The maximum absolute atomic E-state index is 6.30. The van der Waals surface area contributed by atoms with Crippen molar-refractivity contribution in [2.24, 2.45) is 7.05 Å². The van der Waals surface area contributed by atoms with E-state index in [0.29, 0.717) is 0 Å². The van der Waals surface area contributed by atoms with Gasteiger partial charge < -0.3 is 0 Å². The van der Waals surface area contributed by atoms with Gasteiger partial charge in [0.15, 0.2) is 0 Å². The Morgan fingerprint density at radius 2 is 2.00 bits per heavy atom. The zero-order valence-electron chi connectivity index (χ0n) is 9.38. The van der Waals surface area contributed by atoms with Crippen LogP contribution in [0.2, 0.25) is 5.02 Å². The lowest BCUT2D eigenvalue weighted by Gasteiger charge is -2.06. The van der Waals surface area contributed by atoms with Crippen molar-refractivity contribution >= 4 is 27.5 Å². The molecular weight excluding hydrogens is 288 g/mol.